The lowest BCUT2D eigenvalue weighted by Crippen LogP contribution is -2.27. The van der Waals surface area contributed by atoms with Crippen molar-refractivity contribution in [3.63, 3.8) is 0 Å². The first-order chi connectivity index (χ1) is 7.75. The van der Waals surface area contributed by atoms with Gasteiger partial charge in [-0.2, -0.15) is 0 Å². The molecule has 0 heterocycles. The number of hydrogen-bond acceptors (Lipinski definition) is 2. The van der Waals surface area contributed by atoms with Crippen molar-refractivity contribution in [2.24, 2.45) is 5.92 Å². The summed E-state index contributed by atoms with van der Waals surface area (Å²) in [5.74, 6) is 0.564. The molecule has 1 aromatic rings. The van der Waals surface area contributed by atoms with Crippen molar-refractivity contribution in [2.75, 3.05) is 0 Å². The first kappa shape index (κ1) is 11.3. The van der Waals surface area contributed by atoms with Crippen LogP contribution >= 0.6 is 0 Å². The molecule has 2 rings (SSSR count). The minimum Gasteiger partial charge on any atom is -0.374 e. The van der Waals surface area contributed by atoms with E-state index in [1.807, 2.05) is 25.1 Å². The average molecular weight is 218 g/mol. The van der Waals surface area contributed by atoms with E-state index in [0.717, 1.165) is 12.8 Å². The summed E-state index contributed by atoms with van der Waals surface area (Å²) in [4.78, 5) is 11.4. The number of benzene rings is 1. The summed E-state index contributed by atoms with van der Waals surface area (Å²) >= 11 is 0. The Hall–Kier alpha value is -1.15. The smallest absolute Gasteiger partial charge is 0.135 e. The summed E-state index contributed by atoms with van der Waals surface area (Å²) in [6, 6.07) is 10.2. The van der Waals surface area contributed by atoms with Crippen molar-refractivity contribution < 1.29 is 9.53 Å². The molecule has 1 fully saturated rings. The lowest BCUT2D eigenvalue weighted by molar-refractivity contribution is -0.127. The van der Waals surface area contributed by atoms with Crippen molar-refractivity contribution in [1.29, 1.82) is 0 Å². The molecule has 16 heavy (non-hydrogen) atoms. The predicted molar refractivity (Wildman–Crippen MR) is 63.0 cm³/mol. The Morgan fingerprint density at radius 1 is 1.31 bits per heavy atom. The Morgan fingerprint density at radius 2 is 2.06 bits per heavy atom. The van der Waals surface area contributed by atoms with E-state index in [0.29, 0.717) is 18.8 Å². The van der Waals surface area contributed by atoms with Crippen molar-refractivity contribution >= 4 is 5.78 Å². The largest absolute Gasteiger partial charge is 0.374 e. The van der Waals surface area contributed by atoms with Crippen molar-refractivity contribution in [3.05, 3.63) is 35.9 Å². The quantitative estimate of drug-likeness (QED) is 0.779. The number of Topliss-reactive ketones (excluding diaryl/α,β-unsaturated/α-hetero) is 1. The molecule has 0 amide bonds. The first-order valence-corrected chi connectivity index (χ1v) is 5.94. The summed E-state index contributed by atoms with van der Waals surface area (Å²) < 4.78 is 5.84. The van der Waals surface area contributed by atoms with Crippen LogP contribution in [-0.2, 0) is 16.1 Å². The second kappa shape index (κ2) is 5.26. The molecule has 86 valence electrons. The molecule has 0 N–H and O–H groups in total. The van der Waals surface area contributed by atoms with Crippen molar-refractivity contribution in [1.82, 2.24) is 0 Å². The van der Waals surface area contributed by atoms with E-state index < -0.39 is 0 Å². The van der Waals surface area contributed by atoms with Gasteiger partial charge in [0, 0.05) is 12.3 Å². The van der Waals surface area contributed by atoms with Crippen LogP contribution < -0.4 is 0 Å². The Balaban J connectivity index is 1.81. The van der Waals surface area contributed by atoms with Gasteiger partial charge in [0.1, 0.15) is 5.78 Å². The van der Waals surface area contributed by atoms with Gasteiger partial charge in [0.15, 0.2) is 0 Å². The van der Waals surface area contributed by atoms with Gasteiger partial charge in [0.05, 0.1) is 12.7 Å². The topological polar surface area (TPSA) is 26.3 Å². The van der Waals surface area contributed by atoms with E-state index >= 15 is 0 Å². The molecule has 0 radical (unpaired) electrons. The lowest BCUT2D eigenvalue weighted by atomic mass is 9.87. The molecule has 0 aliphatic heterocycles. The molecule has 1 aromatic carbocycles. The van der Waals surface area contributed by atoms with Gasteiger partial charge in [-0.15, -0.1) is 0 Å². The van der Waals surface area contributed by atoms with Crippen LogP contribution in [0.3, 0.4) is 0 Å². The molecule has 0 spiro atoms. The molecule has 0 aromatic heterocycles. The van der Waals surface area contributed by atoms with E-state index in [1.165, 1.54) is 5.56 Å². The second-order valence-corrected chi connectivity index (χ2v) is 4.56. The maximum Gasteiger partial charge on any atom is 0.135 e. The fourth-order valence-electron chi connectivity index (χ4n) is 2.13. The molecule has 1 aliphatic carbocycles. The van der Waals surface area contributed by atoms with Gasteiger partial charge in [-0.1, -0.05) is 37.3 Å². The maximum atomic E-state index is 11.4. The number of hydrogen-bond donors (Lipinski definition) is 0. The Kier molecular flexibility index (Phi) is 3.73. The van der Waals surface area contributed by atoms with Crippen LogP contribution in [0.4, 0.5) is 0 Å². The van der Waals surface area contributed by atoms with Gasteiger partial charge < -0.3 is 4.74 Å². The summed E-state index contributed by atoms with van der Waals surface area (Å²) in [7, 11) is 0. The number of rotatable bonds is 3. The molecule has 0 saturated heterocycles. The van der Waals surface area contributed by atoms with Crippen molar-refractivity contribution in [3.8, 4) is 0 Å². The van der Waals surface area contributed by atoms with E-state index in [4.69, 9.17) is 4.74 Å². The Morgan fingerprint density at radius 3 is 2.75 bits per heavy atom. The average Bonchev–Trinajstić information content (AvgIpc) is 2.32. The zero-order valence-corrected chi connectivity index (χ0v) is 9.69. The Labute approximate surface area is 96.6 Å². The summed E-state index contributed by atoms with van der Waals surface area (Å²) in [6.45, 7) is 2.66. The third kappa shape index (κ3) is 2.92. The standard InChI is InChI=1S/C14H18O2/c1-11-9-13(7-8-14(11)15)16-10-12-5-3-2-4-6-12/h2-6,11,13H,7-10H2,1H3. The number of ketones is 1. The first-order valence-electron chi connectivity index (χ1n) is 5.94. The number of carbonyl (C=O) groups is 1. The van der Waals surface area contributed by atoms with E-state index in [2.05, 4.69) is 12.1 Å². The highest BCUT2D eigenvalue weighted by Gasteiger charge is 2.25. The highest BCUT2D eigenvalue weighted by molar-refractivity contribution is 5.81. The third-order valence-corrected chi connectivity index (χ3v) is 3.21. The fraction of sp³-hybridized carbons (Fsp3) is 0.500. The van der Waals surface area contributed by atoms with Crippen LogP contribution in [0.2, 0.25) is 0 Å². The number of ether oxygens (including phenoxy) is 1. The van der Waals surface area contributed by atoms with Gasteiger partial charge in [0.2, 0.25) is 0 Å². The molecule has 2 unspecified atom stereocenters. The van der Waals surface area contributed by atoms with E-state index in [1.54, 1.807) is 0 Å². The molecule has 2 heteroatoms. The minimum absolute atomic E-state index is 0.175. The highest BCUT2D eigenvalue weighted by atomic mass is 16.5. The predicted octanol–water partition coefficient (Wildman–Crippen LogP) is 2.96. The Bertz CT molecular complexity index is 345. The SMILES string of the molecule is CC1CC(OCc2ccccc2)CCC1=O. The normalized spacial score (nSPS) is 25.7. The van der Waals surface area contributed by atoms with Crippen LogP contribution in [0.1, 0.15) is 31.7 Å². The molecule has 1 aliphatic rings. The minimum atomic E-state index is 0.175. The molecule has 1 saturated carbocycles. The number of carbonyl (C=O) groups excluding carboxylic acids is 1. The highest BCUT2D eigenvalue weighted by Crippen LogP contribution is 2.23. The zero-order valence-electron chi connectivity index (χ0n) is 9.69. The van der Waals surface area contributed by atoms with Crippen LogP contribution in [0.15, 0.2) is 30.3 Å². The van der Waals surface area contributed by atoms with Gasteiger partial charge >= 0.3 is 0 Å². The van der Waals surface area contributed by atoms with E-state index in [-0.39, 0.29) is 12.0 Å². The molecule has 0 bridgehead atoms. The van der Waals surface area contributed by atoms with Crippen molar-refractivity contribution in [2.45, 2.75) is 38.9 Å². The van der Waals surface area contributed by atoms with Gasteiger partial charge in [0.25, 0.3) is 0 Å². The molecular weight excluding hydrogens is 200 g/mol. The lowest BCUT2D eigenvalue weighted by Gasteiger charge is -2.25. The third-order valence-electron chi connectivity index (χ3n) is 3.21. The molecule has 2 nitrogen and oxygen atoms in total. The zero-order chi connectivity index (χ0) is 11.4. The molecule has 2 atom stereocenters. The second-order valence-electron chi connectivity index (χ2n) is 4.56. The monoisotopic (exact) mass is 218 g/mol. The van der Waals surface area contributed by atoms with Crippen LogP contribution in [0, 0.1) is 5.92 Å². The summed E-state index contributed by atoms with van der Waals surface area (Å²) in [5, 5.41) is 0. The van der Waals surface area contributed by atoms with Gasteiger partial charge in [-0.3, -0.25) is 4.79 Å². The molecular formula is C14H18O2. The van der Waals surface area contributed by atoms with Crippen LogP contribution in [0.5, 0.6) is 0 Å². The summed E-state index contributed by atoms with van der Waals surface area (Å²) in [6.07, 6.45) is 2.70. The van der Waals surface area contributed by atoms with Crippen LogP contribution in [0.25, 0.3) is 0 Å². The van der Waals surface area contributed by atoms with Gasteiger partial charge in [-0.05, 0) is 18.4 Å². The maximum absolute atomic E-state index is 11.4. The van der Waals surface area contributed by atoms with E-state index in [9.17, 15) is 4.79 Å². The fourth-order valence-corrected chi connectivity index (χ4v) is 2.13. The summed E-state index contributed by atoms with van der Waals surface area (Å²) in [5.41, 5.74) is 1.20. The van der Waals surface area contributed by atoms with Crippen LogP contribution in [-0.4, -0.2) is 11.9 Å². The van der Waals surface area contributed by atoms with Gasteiger partial charge in [-0.25, -0.2) is 0 Å².